The molecule has 6 heteroatoms. The second kappa shape index (κ2) is 8.19. The first-order valence-electron chi connectivity index (χ1n) is 7.06. The molecule has 0 radical (unpaired) electrons. The van der Waals surface area contributed by atoms with Crippen LogP contribution in [0.15, 0.2) is 53.6 Å². The lowest BCUT2D eigenvalue weighted by atomic mass is 10.1. The van der Waals surface area contributed by atoms with E-state index in [1.807, 2.05) is 30.3 Å². The fourth-order valence-corrected chi connectivity index (χ4v) is 2.12. The maximum absolute atomic E-state index is 11.8. The van der Waals surface area contributed by atoms with Gasteiger partial charge in [0.2, 0.25) is 0 Å². The summed E-state index contributed by atoms with van der Waals surface area (Å²) in [6.45, 7) is 1.91. The number of halogens is 1. The van der Waals surface area contributed by atoms with Gasteiger partial charge in [0.15, 0.2) is 0 Å². The molecule has 23 heavy (non-hydrogen) atoms. The molecular formula is C17H18ClN3O2. The maximum atomic E-state index is 11.8. The molecule has 0 spiro atoms. The van der Waals surface area contributed by atoms with Crippen LogP contribution in [-0.2, 0) is 4.79 Å². The first-order valence-corrected chi connectivity index (χ1v) is 7.44. The van der Waals surface area contributed by atoms with Gasteiger partial charge in [-0.25, -0.2) is 5.43 Å². The van der Waals surface area contributed by atoms with Crippen LogP contribution in [0.5, 0.6) is 5.75 Å². The van der Waals surface area contributed by atoms with Crippen molar-refractivity contribution >= 4 is 28.9 Å². The summed E-state index contributed by atoms with van der Waals surface area (Å²) in [5.74, 6) is 0.404. The molecule has 0 fully saturated rings. The molecule has 1 amide bonds. The Hall–Kier alpha value is -2.53. The van der Waals surface area contributed by atoms with Crippen LogP contribution in [0.4, 0.5) is 5.69 Å². The Balaban J connectivity index is 1.96. The van der Waals surface area contributed by atoms with Crippen molar-refractivity contribution in [1.82, 2.24) is 5.43 Å². The predicted molar refractivity (Wildman–Crippen MR) is 93.3 cm³/mol. The molecular weight excluding hydrogens is 314 g/mol. The van der Waals surface area contributed by atoms with Crippen LogP contribution in [0.25, 0.3) is 0 Å². The second-order valence-corrected chi connectivity index (χ2v) is 5.23. The van der Waals surface area contributed by atoms with Crippen LogP contribution in [0.3, 0.4) is 0 Å². The number of methoxy groups -OCH3 is 1. The summed E-state index contributed by atoms with van der Waals surface area (Å²) in [4.78, 5) is 11.8. The number of rotatable bonds is 6. The highest BCUT2D eigenvalue weighted by Gasteiger charge is 2.08. The van der Waals surface area contributed by atoms with E-state index >= 15 is 0 Å². The monoisotopic (exact) mass is 331 g/mol. The number of carbonyl (C=O) groups excluding carboxylic acids is 1. The zero-order chi connectivity index (χ0) is 16.7. The van der Waals surface area contributed by atoms with Crippen LogP contribution >= 0.6 is 11.6 Å². The number of hydrazone groups is 1. The molecule has 2 rings (SSSR count). The quantitative estimate of drug-likeness (QED) is 0.630. The minimum atomic E-state index is -0.241. The van der Waals surface area contributed by atoms with E-state index < -0.39 is 0 Å². The Labute approximate surface area is 140 Å². The van der Waals surface area contributed by atoms with Gasteiger partial charge < -0.3 is 10.1 Å². The Morgan fingerprint density at radius 1 is 1.22 bits per heavy atom. The number of benzene rings is 2. The Morgan fingerprint density at radius 3 is 2.65 bits per heavy atom. The van der Waals surface area contributed by atoms with Crippen molar-refractivity contribution in [2.24, 2.45) is 5.10 Å². The zero-order valence-electron chi connectivity index (χ0n) is 13.0. The fraction of sp³-hybridized carbons (Fsp3) is 0.176. The third-order valence-corrected chi connectivity index (χ3v) is 3.36. The molecule has 0 bridgehead atoms. The summed E-state index contributed by atoms with van der Waals surface area (Å²) in [7, 11) is 1.57. The van der Waals surface area contributed by atoms with E-state index in [0.717, 1.165) is 11.3 Å². The summed E-state index contributed by atoms with van der Waals surface area (Å²) < 4.78 is 5.27. The summed E-state index contributed by atoms with van der Waals surface area (Å²) in [6, 6.07) is 14.7. The minimum absolute atomic E-state index is 0.132. The molecule has 0 atom stereocenters. The lowest BCUT2D eigenvalue weighted by Crippen LogP contribution is -2.26. The second-order valence-electron chi connectivity index (χ2n) is 4.80. The van der Waals surface area contributed by atoms with Gasteiger partial charge >= 0.3 is 0 Å². The minimum Gasteiger partial charge on any atom is -0.496 e. The molecule has 0 heterocycles. The number of hydrogen-bond donors (Lipinski definition) is 2. The highest BCUT2D eigenvalue weighted by atomic mass is 35.5. The van der Waals surface area contributed by atoms with Crippen molar-refractivity contribution in [2.45, 2.75) is 6.92 Å². The van der Waals surface area contributed by atoms with Gasteiger partial charge in [-0.1, -0.05) is 29.8 Å². The number of nitrogens with zero attached hydrogens (tertiary/aromatic N) is 1. The molecule has 0 unspecified atom stereocenters. The number of anilines is 1. The standard InChI is InChI=1S/C17H18ClN3O2/c1-12(15-10-13(18)8-9-16(15)23-2)20-21-17(22)11-19-14-6-4-3-5-7-14/h3-10,19H,11H2,1-2H3,(H,21,22)/b20-12-. The molecule has 0 aliphatic heterocycles. The number of carbonyl (C=O) groups is 1. The fourth-order valence-electron chi connectivity index (χ4n) is 1.95. The van der Waals surface area contributed by atoms with Gasteiger partial charge in [0.05, 0.1) is 19.4 Å². The number of para-hydroxylation sites is 1. The third kappa shape index (κ3) is 5.00. The smallest absolute Gasteiger partial charge is 0.259 e. The Kier molecular flexibility index (Phi) is 6.00. The SMILES string of the molecule is COc1ccc(Cl)cc1/C(C)=N\NC(=O)CNc1ccccc1. The van der Waals surface area contributed by atoms with Gasteiger partial charge in [-0.3, -0.25) is 4.79 Å². The van der Waals surface area contributed by atoms with Crippen LogP contribution in [0.2, 0.25) is 5.02 Å². The van der Waals surface area contributed by atoms with Crippen molar-refractivity contribution < 1.29 is 9.53 Å². The highest BCUT2D eigenvalue weighted by molar-refractivity contribution is 6.31. The van der Waals surface area contributed by atoms with Gasteiger partial charge in [-0.15, -0.1) is 0 Å². The number of nitrogens with one attached hydrogen (secondary N) is 2. The number of ether oxygens (including phenoxy) is 1. The number of amides is 1. The van der Waals surface area contributed by atoms with Gasteiger partial charge in [-0.2, -0.15) is 5.10 Å². The van der Waals surface area contributed by atoms with E-state index in [2.05, 4.69) is 15.8 Å². The summed E-state index contributed by atoms with van der Waals surface area (Å²) in [6.07, 6.45) is 0. The van der Waals surface area contributed by atoms with Crippen molar-refractivity contribution in [3.8, 4) is 5.75 Å². The van der Waals surface area contributed by atoms with Crippen molar-refractivity contribution in [2.75, 3.05) is 19.0 Å². The maximum Gasteiger partial charge on any atom is 0.259 e. The van der Waals surface area contributed by atoms with Crippen molar-refractivity contribution in [1.29, 1.82) is 0 Å². The molecule has 0 aliphatic carbocycles. The molecule has 120 valence electrons. The average Bonchev–Trinajstić information content (AvgIpc) is 2.58. The number of hydrogen-bond acceptors (Lipinski definition) is 4. The van der Waals surface area contributed by atoms with E-state index in [-0.39, 0.29) is 12.5 Å². The van der Waals surface area contributed by atoms with Crippen LogP contribution in [-0.4, -0.2) is 25.3 Å². The van der Waals surface area contributed by atoms with Crippen LogP contribution < -0.4 is 15.5 Å². The first-order chi connectivity index (χ1) is 11.1. The molecule has 2 aromatic carbocycles. The van der Waals surface area contributed by atoms with Crippen LogP contribution in [0, 0.1) is 0 Å². The van der Waals surface area contributed by atoms with E-state index in [1.165, 1.54) is 0 Å². The van der Waals surface area contributed by atoms with Gasteiger partial charge in [-0.05, 0) is 37.3 Å². The molecule has 0 saturated carbocycles. The molecule has 0 aliphatic rings. The normalized spacial score (nSPS) is 11.0. The van der Waals surface area contributed by atoms with E-state index in [1.54, 1.807) is 32.2 Å². The zero-order valence-corrected chi connectivity index (χ0v) is 13.7. The lowest BCUT2D eigenvalue weighted by Gasteiger charge is -2.09. The Bertz CT molecular complexity index is 702. The highest BCUT2D eigenvalue weighted by Crippen LogP contribution is 2.23. The molecule has 0 aromatic heterocycles. The van der Waals surface area contributed by atoms with Crippen molar-refractivity contribution in [3.63, 3.8) is 0 Å². The van der Waals surface area contributed by atoms with Gasteiger partial charge in [0.1, 0.15) is 5.75 Å². The van der Waals surface area contributed by atoms with Gasteiger partial charge in [0, 0.05) is 16.3 Å². The molecule has 0 saturated heterocycles. The lowest BCUT2D eigenvalue weighted by molar-refractivity contribution is -0.119. The topological polar surface area (TPSA) is 62.7 Å². The summed E-state index contributed by atoms with van der Waals surface area (Å²) in [5, 5.41) is 7.68. The summed E-state index contributed by atoms with van der Waals surface area (Å²) >= 11 is 5.99. The largest absolute Gasteiger partial charge is 0.496 e. The van der Waals surface area contributed by atoms with Crippen molar-refractivity contribution in [3.05, 3.63) is 59.1 Å². The Morgan fingerprint density at radius 2 is 1.96 bits per heavy atom. The molecule has 2 aromatic rings. The van der Waals surface area contributed by atoms with Crippen LogP contribution in [0.1, 0.15) is 12.5 Å². The molecule has 2 N–H and O–H groups in total. The summed E-state index contributed by atoms with van der Waals surface area (Å²) in [5.41, 5.74) is 4.73. The van der Waals surface area contributed by atoms with Gasteiger partial charge in [0.25, 0.3) is 5.91 Å². The van der Waals surface area contributed by atoms with E-state index in [9.17, 15) is 4.79 Å². The third-order valence-electron chi connectivity index (χ3n) is 3.13. The van der Waals surface area contributed by atoms with E-state index in [0.29, 0.717) is 16.5 Å². The average molecular weight is 332 g/mol. The first kappa shape index (κ1) is 16.8. The predicted octanol–water partition coefficient (Wildman–Crippen LogP) is 3.30. The molecule has 5 nitrogen and oxygen atoms in total. The van der Waals surface area contributed by atoms with E-state index in [4.69, 9.17) is 16.3 Å².